The molecule has 2 fully saturated rings. The first kappa shape index (κ1) is 25.9. The average molecular weight is 501 g/mol. The number of hydrogen-bond acceptors (Lipinski definition) is 8. The smallest absolute Gasteiger partial charge is 0.410 e. The van der Waals surface area contributed by atoms with Crippen LogP contribution < -0.4 is 0 Å². The van der Waals surface area contributed by atoms with Crippen LogP contribution in [0.4, 0.5) is 9.59 Å². The lowest BCUT2D eigenvalue weighted by Gasteiger charge is -2.35. The fourth-order valence-electron chi connectivity index (χ4n) is 4.41. The maximum absolute atomic E-state index is 12.7. The number of aromatic nitrogens is 2. The van der Waals surface area contributed by atoms with Crippen LogP contribution in [0.2, 0.25) is 0 Å². The zero-order valence-corrected chi connectivity index (χ0v) is 21.4. The fraction of sp³-hybridized carbons (Fsp3) is 0.615. The zero-order chi connectivity index (χ0) is 25.5. The van der Waals surface area contributed by atoms with Crippen molar-refractivity contribution in [3.63, 3.8) is 0 Å². The quantitative estimate of drug-likeness (QED) is 0.554. The molecule has 1 aromatic carbocycles. The van der Waals surface area contributed by atoms with Gasteiger partial charge >= 0.3 is 12.2 Å². The third-order valence-electron chi connectivity index (χ3n) is 6.26. The van der Waals surface area contributed by atoms with Gasteiger partial charge in [0.2, 0.25) is 0 Å². The van der Waals surface area contributed by atoms with Gasteiger partial charge in [-0.3, -0.25) is 4.90 Å². The molecule has 0 radical (unpaired) electrons. The van der Waals surface area contributed by atoms with E-state index >= 15 is 0 Å². The van der Waals surface area contributed by atoms with Crippen molar-refractivity contribution >= 4 is 12.2 Å². The zero-order valence-electron chi connectivity index (χ0n) is 21.4. The molecule has 36 heavy (non-hydrogen) atoms. The number of piperidine rings is 2. The van der Waals surface area contributed by atoms with Crippen molar-refractivity contribution in [1.29, 1.82) is 0 Å². The largest absolute Gasteiger partial charge is 0.445 e. The molecule has 0 spiro atoms. The monoisotopic (exact) mass is 500 g/mol. The van der Waals surface area contributed by atoms with Crippen molar-refractivity contribution in [1.82, 2.24) is 19.9 Å². The fourth-order valence-corrected chi connectivity index (χ4v) is 4.41. The summed E-state index contributed by atoms with van der Waals surface area (Å²) in [6.45, 7) is 7.76. The molecule has 2 amide bonds. The summed E-state index contributed by atoms with van der Waals surface area (Å²) in [6, 6.07) is 9.37. The summed E-state index contributed by atoms with van der Waals surface area (Å²) in [5, 5.41) is 4.13. The number of nitrogens with zero attached hydrogens (tertiary/aromatic N) is 4. The van der Waals surface area contributed by atoms with E-state index in [1.807, 2.05) is 51.1 Å². The molecule has 0 N–H and O–H groups in total. The van der Waals surface area contributed by atoms with Crippen LogP contribution in [0, 0.1) is 0 Å². The second-order valence-corrected chi connectivity index (χ2v) is 10.3. The average Bonchev–Trinajstić information content (AvgIpc) is 3.35. The van der Waals surface area contributed by atoms with Crippen molar-refractivity contribution < 1.29 is 28.3 Å². The highest BCUT2D eigenvalue weighted by Crippen LogP contribution is 2.31. The van der Waals surface area contributed by atoms with E-state index in [0.717, 1.165) is 24.8 Å². The number of carbonyl (C=O) groups is 2. The number of carbonyl (C=O) groups excluding carboxylic acids is 2. The highest BCUT2D eigenvalue weighted by Gasteiger charge is 2.34. The molecule has 10 nitrogen and oxygen atoms in total. The van der Waals surface area contributed by atoms with Crippen molar-refractivity contribution in [2.45, 2.75) is 83.8 Å². The van der Waals surface area contributed by atoms with Gasteiger partial charge in [-0.1, -0.05) is 35.5 Å². The highest BCUT2D eigenvalue weighted by molar-refractivity contribution is 5.69. The summed E-state index contributed by atoms with van der Waals surface area (Å²) in [6.07, 6.45) is 3.40. The molecule has 2 aliphatic rings. The molecule has 2 aliphatic heterocycles. The molecule has 2 saturated heterocycles. The number of benzene rings is 1. The molecule has 1 unspecified atom stereocenters. The summed E-state index contributed by atoms with van der Waals surface area (Å²) >= 11 is 0. The van der Waals surface area contributed by atoms with E-state index in [2.05, 4.69) is 10.1 Å². The van der Waals surface area contributed by atoms with Crippen LogP contribution >= 0.6 is 0 Å². The predicted molar refractivity (Wildman–Crippen MR) is 130 cm³/mol. The standard InChI is InChI=1S/C26H36N4O6/c1-26(2,3)35-25(32)30-14-8-7-11-21(30)23-27-22(36-28-23)18-33-20-12-15-29(16-13-20)24(31)34-17-19-9-5-4-6-10-19/h4-6,9-10,20-21H,7-8,11-18H2,1-3H3. The Labute approximate surface area is 211 Å². The lowest BCUT2D eigenvalue weighted by atomic mass is 10.0. The minimum Gasteiger partial charge on any atom is -0.445 e. The molecule has 0 bridgehead atoms. The highest BCUT2D eigenvalue weighted by atomic mass is 16.6. The van der Waals surface area contributed by atoms with E-state index in [0.29, 0.717) is 44.2 Å². The molecule has 10 heteroatoms. The van der Waals surface area contributed by atoms with E-state index in [1.165, 1.54) is 0 Å². The van der Waals surface area contributed by atoms with Gasteiger partial charge in [-0.2, -0.15) is 4.98 Å². The maximum atomic E-state index is 12.7. The molecule has 3 heterocycles. The molecule has 1 atom stereocenters. The Kier molecular flexibility index (Phi) is 8.45. The number of likely N-dealkylation sites (tertiary alicyclic amines) is 2. The molecular formula is C26H36N4O6. The number of amides is 2. The van der Waals surface area contributed by atoms with Gasteiger partial charge < -0.3 is 23.6 Å². The molecule has 2 aromatic rings. The number of rotatable bonds is 6. The Morgan fingerprint density at radius 3 is 2.47 bits per heavy atom. The van der Waals surface area contributed by atoms with Crippen LogP contribution in [0.5, 0.6) is 0 Å². The van der Waals surface area contributed by atoms with E-state index in [1.54, 1.807) is 9.80 Å². The first-order chi connectivity index (χ1) is 17.3. The van der Waals surface area contributed by atoms with Crippen LogP contribution in [-0.4, -0.2) is 63.5 Å². The Bertz CT molecular complexity index is 997. The molecule has 0 saturated carbocycles. The summed E-state index contributed by atoms with van der Waals surface area (Å²) in [4.78, 5) is 32.9. The Morgan fingerprint density at radius 1 is 1.00 bits per heavy atom. The minimum absolute atomic E-state index is 0.00790. The second kappa shape index (κ2) is 11.7. The van der Waals surface area contributed by atoms with Gasteiger partial charge in [0.25, 0.3) is 5.89 Å². The molecule has 0 aliphatic carbocycles. The molecule has 1 aromatic heterocycles. The van der Waals surface area contributed by atoms with Gasteiger partial charge in [0.15, 0.2) is 5.82 Å². The normalized spacial score (nSPS) is 19.2. The predicted octanol–water partition coefficient (Wildman–Crippen LogP) is 4.85. The Hall–Kier alpha value is -3.14. The van der Waals surface area contributed by atoms with Crippen molar-refractivity contribution in [2.24, 2.45) is 0 Å². The first-order valence-corrected chi connectivity index (χ1v) is 12.7. The molecular weight excluding hydrogens is 464 g/mol. The summed E-state index contributed by atoms with van der Waals surface area (Å²) in [5.74, 6) is 0.861. The number of ether oxygens (including phenoxy) is 3. The summed E-state index contributed by atoms with van der Waals surface area (Å²) in [7, 11) is 0. The Morgan fingerprint density at radius 2 is 1.75 bits per heavy atom. The summed E-state index contributed by atoms with van der Waals surface area (Å²) < 4.78 is 22.4. The van der Waals surface area contributed by atoms with E-state index in [-0.39, 0.29) is 37.5 Å². The van der Waals surface area contributed by atoms with Gasteiger partial charge in [0.05, 0.1) is 12.1 Å². The van der Waals surface area contributed by atoms with Crippen LogP contribution in [0.1, 0.15) is 76.2 Å². The molecule has 4 rings (SSSR count). The van der Waals surface area contributed by atoms with Crippen LogP contribution in [0.25, 0.3) is 0 Å². The van der Waals surface area contributed by atoms with E-state index < -0.39 is 5.60 Å². The van der Waals surface area contributed by atoms with Crippen LogP contribution in [-0.2, 0) is 27.4 Å². The second-order valence-electron chi connectivity index (χ2n) is 10.3. The van der Waals surface area contributed by atoms with Gasteiger partial charge in [-0.25, -0.2) is 9.59 Å². The number of hydrogen-bond donors (Lipinski definition) is 0. The van der Waals surface area contributed by atoms with Gasteiger partial charge in [0, 0.05) is 19.6 Å². The van der Waals surface area contributed by atoms with Gasteiger partial charge in [0.1, 0.15) is 18.8 Å². The van der Waals surface area contributed by atoms with Gasteiger partial charge in [-0.15, -0.1) is 0 Å². The third kappa shape index (κ3) is 7.19. The van der Waals surface area contributed by atoms with E-state index in [4.69, 9.17) is 18.7 Å². The third-order valence-corrected chi connectivity index (χ3v) is 6.26. The van der Waals surface area contributed by atoms with Gasteiger partial charge in [-0.05, 0) is 58.4 Å². The Balaban J connectivity index is 1.22. The molecule has 196 valence electrons. The lowest BCUT2D eigenvalue weighted by Crippen LogP contribution is -2.42. The lowest BCUT2D eigenvalue weighted by molar-refractivity contribution is -0.0130. The van der Waals surface area contributed by atoms with Crippen LogP contribution in [0.3, 0.4) is 0 Å². The van der Waals surface area contributed by atoms with Crippen molar-refractivity contribution in [3.05, 3.63) is 47.6 Å². The topological polar surface area (TPSA) is 107 Å². The van der Waals surface area contributed by atoms with E-state index in [9.17, 15) is 9.59 Å². The maximum Gasteiger partial charge on any atom is 0.410 e. The van der Waals surface area contributed by atoms with Crippen molar-refractivity contribution in [3.8, 4) is 0 Å². The summed E-state index contributed by atoms with van der Waals surface area (Å²) in [5.41, 5.74) is 0.397. The first-order valence-electron chi connectivity index (χ1n) is 12.7. The SMILES string of the molecule is CC(C)(C)OC(=O)N1CCCCC1c1noc(COC2CCN(C(=O)OCc3ccccc3)CC2)n1. The van der Waals surface area contributed by atoms with Crippen LogP contribution in [0.15, 0.2) is 34.9 Å². The minimum atomic E-state index is -0.566. The van der Waals surface area contributed by atoms with Crippen molar-refractivity contribution in [2.75, 3.05) is 19.6 Å².